The normalized spacial score (nSPS) is 12.8. The van der Waals surface area contributed by atoms with Gasteiger partial charge < -0.3 is 19.5 Å². The minimum Gasteiger partial charge on any atom is -0.493 e. The van der Waals surface area contributed by atoms with Crippen molar-refractivity contribution in [1.82, 2.24) is 5.32 Å². The molecule has 2 atom stereocenters. The molecule has 0 aliphatic heterocycles. The van der Waals surface area contributed by atoms with Crippen LogP contribution in [0, 0.1) is 6.92 Å². The van der Waals surface area contributed by atoms with Gasteiger partial charge in [-0.3, -0.25) is 4.79 Å². The van der Waals surface area contributed by atoms with E-state index in [1.807, 2.05) is 56.3 Å². The molecular formula is C21H27NO4. The van der Waals surface area contributed by atoms with E-state index in [9.17, 15) is 4.79 Å². The molecule has 2 aromatic rings. The first-order valence-corrected chi connectivity index (χ1v) is 8.74. The van der Waals surface area contributed by atoms with Crippen LogP contribution in [0.15, 0.2) is 42.5 Å². The van der Waals surface area contributed by atoms with E-state index in [4.69, 9.17) is 14.2 Å². The molecule has 0 saturated carbocycles. The largest absolute Gasteiger partial charge is 0.493 e. The summed E-state index contributed by atoms with van der Waals surface area (Å²) < 4.78 is 16.4. The van der Waals surface area contributed by atoms with Gasteiger partial charge in [0.05, 0.1) is 20.3 Å². The monoisotopic (exact) mass is 357 g/mol. The Kier molecular flexibility index (Phi) is 6.89. The predicted molar refractivity (Wildman–Crippen MR) is 102 cm³/mol. The number of aryl methyl sites for hydroxylation is 1. The number of rotatable bonds is 8. The van der Waals surface area contributed by atoms with Gasteiger partial charge in [-0.05, 0) is 50.1 Å². The van der Waals surface area contributed by atoms with Gasteiger partial charge in [0.1, 0.15) is 5.75 Å². The van der Waals surface area contributed by atoms with E-state index in [1.165, 1.54) is 0 Å². The molecule has 1 amide bonds. The number of methoxy groups -OCH3 is 2. The quantitative estimate of drug-likeness (QED) is 0.774. The van der Waals surface area contributed by atoms with Gasteiger partial charge >= 0.3 is 0 Å². The highest BCUT2D eigenvalue weighted by Crippen LogP contribution is 2.31. The smallest absolute Gasteiger partial charge is 0.261 e. The zero-order valence-electron chi connectivity index (χ0n) is 16.0. The molecule has 0 unspecified atom stereocenters. The summed E-state index contributed by atoms with van der Waals surface area (Å²) in [6.07, 6.45) is 0.158. The Morgan fingerprint density at radius 3 is 2.27 bits per heavy atom. The molecule has 0 radical (unpaired) electrons. The summed E-state index contributed by atoms with van der Waals surface area (Å²) in [5.74, 6) is 1.82. The average Bonchev–Trinajstić information content (AvgIpc) is 2.67. The molecule has 140 valence electrons. The zero-order valence-corrected chi connectivity index (χ0v) is 16.0. The van der Waals surface area contributed by atoms with Crippen molar-refractivity contribution in [3.05, 3.63) is 53.6 Å². The van der Waals surface area contributed by atoms with Crippen molar-refractivity contribution < 1.29 is 19.0 Å². The number of ether oxygens (including phenoxy) is 3. The molecule has 5 nitrogen and oxygen atoms in total. The van der Waals surface area contributed by atoms with Crippen LogP contribution in [0.3, 0.4) is 0 Å². The molecule has 1 N–H and O–H groups in total. The maximum atomic E-state index is 12.5. The lowest BCUT2D eigenvalue weighted by Gasteiger charge is -2.22. The van der Waals surface area contributed by atoms with Crippen LogP contribution in [0.2, 0.25) is 0 Å². The SMILES string of the molecule is CC[C@@H](NC(=O)[C@H](C)Oc1ccc(C)cc1)c1ccc(OC)c(OC)c1. The Morgan fingerprint density at radius 1 is 1.04 bits per heavy atom. The zero-order chi connectivity index (χ0) is 19.1. The summed E-state index contributed by atoms with van der Waals surface area (Å²) in [5.41, 5.74) is 2.11. The van der Waals surface area contributed by atoms with E-state index < -0.39 is 6.10 Å². The van der Waals surface area contributed by atoms with E-state index in [-0.39, 0.29) is 11.9 Å². The lowest BCUT2D eigenvalue weighted by atomic mass is 10.0. The molecule has 0 spiro atoms. The number of nitrogens with one attached hydrogen (secondary N) is 1. The van der Waals surface area contributed by atoms with E-state index in [0.717, 1.165) is 17.5 Å². The molecule has 0 fully saturated rings. The van der Waals surface area contributed by atoms with Crippen molar-refractivity contribution >= 4 is 5.91 Å². The van der Waals surface area contributed by atoms with Crippen LogP contribution in [0.1, 0.15) is 37.4 Å². The Bertz CT molecular complexity index is 727. The minimum atomic E-state index is -0.591. The fourth-order valence-corrected chi connectivity index (χ4v) is 2.65. The summed E-state index contributed by atoms with van der Waals surface area (Å²) >= 11 is 0. The van der Waals surface area contributed by atoms with Crippen molar-refractivity contribution in [2.24, 2.45) is 0 Å². The second-order valence-corrected chi connectivity index (χ2v) is 6.16. The molecular weight excluding hydrogens is 330 g/mol. The summed E-state index contributed by atoms with van der Waals surface area (Å²) in [6.45, 7) is 5.78. The minimum absolute atomic E-state index is 0.133. The van der Waals surface area contributed by atoms with Crippen LogP contribution in [0.25, 0.3) is 0 Å². The van der Waals surface area contributed by atoms with Crippen molar-refractivity contribution in [3.63, 3.8) is 0 Å². The molecule has 0 aromatic heterocycles. The third-order valence-corrected chi connectivity index (χ3v) is 4.24. The molecule has 0 heterocycles. The van der Waals surface area contributed by atoms with Gasteiger partial charge in [-0.2, -0.15) is 0 Å². The predicted octanol–water partition coefficient (Wildman–Crippen LogP) is 4.05. The van der Waals surface area contributed by atoms with E-state index in [0.29, 0.717) is 17.2 Å². The molecule has 0 aliphatic rings. The summed E-state index contributed by atoms with van der Waals surface area (Å²) in [5, 5.41) is 3.04. The third-order valence-electron chi connectivity index (χ3n) is 4.24. The molecule has 5 heteroatoms. The van der Waals surface area contributed by atoms with E-state index >= 15 is 0 Å². The fraction of sp³-hybridized carbons (Fsp3) is 0.381. The number of hydrogen-bond donors (Lipinski definition) is 1. The molecule has 2 rings (SSSR count). The Morgan fingerprint density at radius 2 is 1.69 bits per heavy atom. The summed E-state index contributed by atoms with van der Waals surface area (Å²) in [6, 6.07) is 13.2. The number of hydrogen-bond acceptors (Lipinski definition) is 4. The van der Waals surface area contributed by atoms with Gasteiger partial charge in [0, 0.05) is 0 Å². The maximum Gasteiger partial charge on any atom is 0.261 e. The highest BCUT2D eigenvalue weighted by Gasteiger charge is 2.20. The van der Waals surface area contributed by atoms with Gasteiger partial charge in [-0.15, -0.1) is 0 Å². The first-order valence-electron chi connectivity index (χ1n) is 8.74. The highest BCUT2D eigenvalue weighted by molar-refractivity contribution is 5.81. The van der Waals surface area contributed by atoms with Gasteiger partial charge in [-0.1, -0.05) is 30.7 Å². The molecule has 26 heavy (non-hydrogen) atoms. The van der Waals surface area contributed by atoms with Gasteiger partial charge in [0.25, 0.3) is 5.91 Å². The topological polar surface area (TPSA) is 56.8 Å². The first kappa shape index (κ1) is 19.6. The second kappa shape index (κ2) is 9.13. The standard InChI is InChI=1S/C21H27NO4/c1-6-18(16-9-12-19(24-4)20(13-16)25-5)22-21(23)15(3)26-17-10-7-14(2)8-11-17/h7-13,15,18H,6H2,1-5H3,(H,22,23)/t15-,18+/m0/s1. The molecule has 0 bridgehead atoms. The lowest BCUT2D eigenvalue weighted by molar-refractivity contribution is -0.128. The van der Waals surface area contributed by atoms with Crippen LogP contribution >= 0.6 is 0 Å². The molecule has 2 aromatic carbocycles. The summed E-state index contributed by atoms with van der Waals surface area (Å²) in [4.78, 5) is 12.5. The fourth-order valence-electron chi connectivity index (χ4n) is 2.65. The number of carbonyl (C=O) groups excluding carboxylic acids is 1. The summed E-state index contributed by atoms with van der Waals surface area (Å²) in [7, 11) is 3.19. The molecule has 0 aliphatic carbocycles. The Balaban J connectivity index is 2.06. The van der Waals surface area contributed by atoms with E-state index in [2.05, 4.69) is 5.32 Å². The van der Waals surface area contributed by atoms with E-state index in [1.54, 1.807) is 21.1 Å². The van der Waals surface area contributed by atoms with Gasteiger partial charge in [0.2, 0.25) is 0 Å². The molecule has 0 saturated heterocycles. The number of amides is 1. The maximum absolute atomic E-state index is 12.5. The first-order chi connectivity index (χ1) is 12.5. The van der Waals surface area contributed by atoms with Crippen molar-refractivity contribution in [2.45, 2.75) is 39.3 Å². The average molecular weight is 357 g/mol. The van der Waals surface area contributed by atoms with Gasteiger partial charge in [-0.25, -0.2) is 0 Å². The second-order valence-electron chi connectivity index (χ2n) is 6.16. The Labute approximate surface area is 155 Å². The number of benzene rings is 2. The van der Waals surface area contributed by atoms with Crippen LogP contribution in [0.5, 0.6) is 17.2 Å². The van der Waals surface area contributed by atoms with Crippen LogP contribution in [-0.2, 0) is 4.79 Å². The van der Waals surface area contributed by atoms with Crippen LogP contribution in [-0.4, -0.2) is 26.2 Å². The van der Waals surface area contributed by atoms with Crippen molar-refractivity contribution in [2.75, 3.05) is 14.2 Å². The third kappa shape index (κ3) is 4.91. The van der Waals surface area contributed by atoms with Crippen LogP contribution < -0.4 is 19.5 Å². The van der Waals surface area contributed by atoms with Crippen molar-refractivity contribution in [3.8, 4) is 17.2 Å². The van der Waals surface area contributed by atoms with Gasteiger partial charge in [0.15, 0.2) is 17.6 Å². The van der Waals surface area contributed by atoms with Crippen LogP contribution in [0.4, 0.5) is 0 Å². The van der Waals surface area contributed by atoms with Crippen molar-refractivity contribution in [1.29, 1.82) is 0 Å². The Hall–Kier alpha value is -2.69. The highest BCUT2D eigenvalue weighted by atomic mass is 16.5. The lowest BCUT2D eigenvalue weighted by Crippen LogP contribution is -2.38. The number of carbonyl (C=O) groups is 1.